The smallest absolute Gasteiger partial charge is 0.0840 e. The van der Waals surface area contributed by atoms with Gasteiger partial charge in [0.2, 0.25) is 0 Å². The van der Waals surface area contributed by atoms with E-state index in [-0.39, 0.29) is 11.7 Å². The molecule has 4 heteroatoms. The number of nitrogens with zero attached hydrogens (tertiary/aromatic N) is 2. The van der Waals surface area contributed by atoms with Crippen molar-refractivity contribution in [2.75, 3.05) is 19.7 Å². The van der Waals surface area contributed by atoms with Crippen molar-refractivity contribution in [3.05, 3.63) is 65.5 Å². The molecule has 2 aromatic rings. The van der Waals surface area contributed by atoms with Crippen molar-refractivity contribution in [3.8, 4) is 0 Å². The van der Waals surface area contributed by atoms with E-state index in [2.05, 4.69) is 47.1 Å². The van der Waals surface area contributed by atoms with Crippen LogP contribution in [0.2, 0.25) is 0 Å². The van der Waals surface area contributed by atoms with E-state index in [1.165, 1.54) is 11.1 Å². The Balaban J connectivity index is 1.24. The van der Waals surface area contributed by atoms with E-state index in [9.17, 15) is 0 Å². The van der Waals surface area contributed by atoms with E-state index in [1.54, 1.807) is 6.20 Å². The van der Waals surface area contributed by atoms with Crippen molar-refractivity contribution >= 4 is 0 Å². The van der Waals surface area contributed by atoms with E-state index in [1.807, 2.05) is 12.3 Å². The number of likely N-dealkylation sites (tertiary alicyclic amines) is 1. The molecule has 0 bridgehead atoms. The Morgan fingerprint density at radius 1 is 1.15 bits per heavy atom. The SMILES string of the molecule is Cc1ccc(CN2CCC3(CC2)C[C@@H](OCc2cccnc2)CO3)cc1. The van der Waals surface area contributed by atoms with Gasteiger partial charge >= 0.3 is 0 Å². The molecule has 138 valence electrons. The monoisotopic (exact) mass is 352 g/mol. The van der Waals surface area contributed by atoms with Gasteiger partial charge in [-0.05, 0) is 37.0 Å². The summed E-state index contributed by atoms with van der Waals surface area (Å²) in [4.78, 5) is 6.69. The molecular formula is C22H28N2O2. The molecule has 1 aromatic heterocycles. The van der Waals surface area contributed by atoms with Gasteiger partial charge in [0.25, 0.3) is 0 Å². The summed E-state index contributed by atoms with van der Waals surface area (Å²) >= 11 is 0. The van der Waals surface area contributed by atoms with Crippen LogP contribution in [0, 0.1) is 6.92 Å². The third-order valence-electron chi connectivity index (χ3n) is 5.68. The summed E-state index contributed by atoms with van der Waals surface area (Å²) in [7, 11) is 0. The van der Waals surface area contributed by atoms with Gasteiger partial charge in [-0.3, -0.25) is 9.88 Å². The van der Waals surface area contributed by atoms with Gasteiger partial charge in [0.05, 0.1) is 24.9 Å². The zero-order chi connectivity index (χ0) is 17.8. The number of hydrogen-bond donors (Lipinski definition) is 0. The summed E-state index contributed by atoms with van der Waals surface area (Å²) in [5.41, 5.74) is 3.88. The van der Waals surface area contributed by atoms with Crippen LogP contribution in [0.15, 0.2) is 48.8 Å². The summed E-state index contributed by atoms with van der Waals surface area (Å²) < 4.78 is 12.3. The Bertz CT molecular complexity index is 694. The second-order valence-electron chi connectivity index (χ2n) is 7.75. The van der Waals surface area contributed by atoms with Crippen LogP contribution in [0.25, 0.3) is 0 Å². The van der Waals surface area contributed by atoms with Crippen LogP contribution in [0.1, 0.15) is 36.0 Å². The van der Waals surface area contributed by atoms with Crippen LogP contribution in [-0.4, -0.2) is 41.3 Å². The maximum absolute atomic E-state index is 6.23. The van der Waals surface area contributed by atoms with E-state index in [4.69, 9.17) is 9.47 Å². The molecule has 2 saturated heterocycles. The first-order chi connectivity index (χ1) is 12.7. The molecule has 4 rings (SSSR count). The van der Waals surface area contributed by atoms with Crippen molar-refractivity contribution in [2.24, 2.45) is 0 Å². The Morgan fingerprint density at radius 2 is 1.96 bits per heavy atom. The maximum atomic E-state index is 6.23. The molecular weight excluding hydrogens is 324 g/mol. The molecule has 2 aliphatic heterocycles. The van der Waals surface area contributed by atoms with Gasteiger partial charge in [-0.25, -0.2) is 0 Å². The lowest BCUT2D eigenvalue weighted by Gasteiger charge is -2.38. The zero-order valence-corrected chi connectivity index (χ0v) is 15.6. The fraction of sp³-hybridized carbons (Fsp3) is 0.500. The van der Waals surface area contributed by atoms with Crippen molar-refractivity contribution < 1.29 is 9.47 Å². The number of piperidine rings is 1. The minimum Gasteiger partial charge on any atom is -0.372 e. The average Bonchev–Trinajstić information content (AvgIpc) is 3.08. The third kappa shape index (κ3) is 4.32. The normalized spacial score (nSPS) is 22.7. The van der Waals surface area contributed by atoms with Crippen molar-refractivity contribution in [3.63, 3.8) is 0 Å². The van der Waals surface area contributed by atoms with Crippen LogP contribution in [0.5, 0.6) is 0 Å². The minimum absolute atomic E-state index is 0.0311. The van der Waals surface area contributed by atoms with Gasteiger partial charge in [-0.1, -0.05) is 35.9 Å². The van der Waals surface area contributed by atoms with Gasteiger partial charge in [-0.2, -0.15) is 0 Å². The highest BCUT2D eigenvalue weighted by Crippen LogP contribution is 2.37. The van der Waals surface area contributed by atoms with Crippen LogP contribution in [-0.2, 0) is 22.6 Å². The molecule has 0 saturated carbocycles. The molecule has 1 spiro atoms. The lowest BCUT2D eigenvalue weighted by atomic mass is 9.88. The fourth-order valence-electron chi connectivity index (χ4n) is 4.03. The molecule has 0 radical (unpaired) electrons. The van der Waals surface area contributed by atoms with Crippen molar-refractivity contribution in [1.82, 2.24) is 9.88 Å². The summed E-state index contributed by atoms with van der Waals surface area (Å²) in [6.45, 7) is 6.72. The van der Waals surface area contributed by atoms with E-state index < -0.39 is 0 Å². The van der Waals surface area contributed by atoms with E-state index >= 15 is 0 Å². The lowest BCUT2D eigenvalue weighted by molar-refractivity contribution is -0.0468. The van der Waals surface area contributed by atoms with Gasteiger partial charge in [0.1, 0.15) is 0 Å². The lowest BCUT2D eigenvalue weighted by Crippen LogP contribution is -2.43. The molecule has 0 aliphatic carbocycles. The number of pyridine rings is 1. The number of ether oxygens (including phenoxy) is 2. The highest BCUT2D eigenvalue weighted by atomic mass is 16.6. The quantitative estimate of drug-likeness (QED) is 0.821. The highest BCUT2D eigenvalue weighted by Gasteiger charge is 2.43. The Labute approximate surface area is 156 Å². The van der Waals surface area contributed by atoms with Crippen molar-refractivity contribution in [1.29, 1.82) is 0 Å². The first-order valence-corrected chi connectivity index (χ1v) is 9.63. The summed E-state index contributed by atoms with van der Waals surface area (Å²) in [6, 6.07) is 12.9. The maximum Gasteiger partial charge on any atom is 0.0840 e. The standard InChI is InChI=1S/C22H28N2O2/c1-18-4-6-19(7-5-18)15-24-11-8-22(9-12-24)13-21(17-26-22)25-16-20-3-2-10-23-14-20/h2-7,10,14,21H,8-9,11-13,15-17H2,1H3/t21-/m1/s1. The number of rotatable bonds is 5. The van der Waals surface area contributed by atoms with Crippen LogP contribution < -0.4 is 0 Å². The van der Waals surface area contributed by atoms with Crippen LogP contribution >= 0.6 is 0 Å². The molecule has 2 aliphatic rings. The average molecular weight is 352 g/mol. The topological polar surface area (TPSA) is 34.6 Å². The third-order valence-corrected chi connectivity index (χ3v) is 5.68. The van der Waals surface area contributed by atoms with Crippen LogP contribution in [0.4, 0.5) is 0 Å². The summed E-state index contributed by atoms with van der Waals surface area (Å²) in [5, 5.41) is 0. The predicted molar refractivity (Wildman–Crippen MR) is 102 cm³/mol. The molecule has 0 unspecified atom stereocenters. The Hall–Kier alpha value is -1.75. The first-order valence-electron chi connectivity index (χ1n) is 9.63. The Kier molecular flexibility index (Phi) is 5.34. The molecule has 0 amide bonds. The molecule has 3 heterocycles. The number of aromatic nitrogens is 1. The molecule has 1 aromatic carbocycles. The van der Waals surface area contributed by atoms with Gasteiger partial charge in [0.15, 0.2) is 0 Å². The fourth-order valence-corrected chi connectivity index (χ4v) is 4.03. The second kappa shape index (κ2) is 7.87. The highest BCUT2D eigenvalue weighted by molar-refractivity contribution is 5.21. The Morgan fingerprint density at radius 3 is 2.69 bits per heavy atom. The van der Waals surface area contributed by atoms with Gasteiger partial charge < -0.3 is 9.47 Å². The number of benzene rings is 1. The molecule has 26 heavy (non-hydrogen) atoms. The summed E-state index contributed by atoms with van der Waals surface area (Å²) in [5.74, 6) is 0. The first kappa shape index (κ1) is 17.7. The molecule has 2 fully saturated rings. The zero-order valence-electron chi connectivity index (χ0n) is 15.6. The summed E-state index contributed by atoms with van der Waals surface area (Å²) in [6.07, 6.45) is 7.10. The number of hydrogen-bond acceptors (Lipinski definition) is 4. The predicted octanol–water partition coefficient (Wildman–Crippen LogP) is 3.73. The van der Waals surface area contributed by atoms with E-state index in [0.717, 1.165) is 51.1 Å². The minimum atomic E-state index is 0.0311. The largest absolute Gasteiger partial charge is 0.372 e. The molecule has 4 nitrogen and oxygen atoms in total. The number of aryl methyl sites for hydroxylation is 1. The van der Waals surface area contributed by atoms with Gasteiger partial charge in [0, 0.05) is 38.4 Å². The molecule has 1 atom stereocenters. The second-order valence-corrected chi connectivity index (χ2v) is 7.75. The van der Waals surface area contributed by atoms with Crippen LogP contribution in [0.3, 0.4) is 0 Å². The molecule has 0 N–H and O–H groups in total. The van der Waals surface area contributed by atoms with Crippen molar-refractivity contribution in [2.45, 2.75) is 51.0 Å². The van der Waals surface area contributed by atoms with E-state index in [0.29, 0.717) is 6.61 Å². The van der Waals surface area contributed by atoms with Gasteiger partial charge in [-0.15, -0.1) is 0 Å².